The summed E-state index contributed by atoms with van der Waals surface area (Å²) < 4.78 is 34.7. The number of carbonyl (C=O) groups excluding carboxylic acids is 2. The average molecular weight is 541 g/mol. The van der Waals surface area contributed by atoms with Crippen LogP contribution in [-0.2, 0) is 30.8 Å². The van der Waals surface area contributed by atoms with Crippen LogP contribution >= 0.6 is 0 Å². The number of fused-ring (bicyclic) bond motifs is 1. The van der Waals surface area contributed by atoms with Crippen molar-refractivity contribution in [2.75, 3.05) is 19.6 Å². The largest absolute Gasteiger partial charge is 0.487 e. The molecular formula is C23H36N6O7S. The van der Waals surface area contributed by atoms with Crippen LogP contribution in [0.2, 0.25) is 0 Å². The molecule has 14 heteroatoms. The summed E-state index contributed by atoms with van der Waals surface area (Å²) in [6.07, 6.45) is 0.917. The van der Waals surface area contributed by atoms with Crippen LogP contribution in [-0.4, -0.2) is 68.5 Å². The van der Waals surface area contributed by atoms with Crippen LogP contribution < -0.4 is 31.1 Å². The third kappa shape index (κ3) is 7.55. The summed E-state index contributed by atoms with van der Waals surface area (Å²) in [5.41, 5.74) is 7.51. The molecule has 1 aromatic carbocycles. The Kier molecular flexibility index (Phi) is 9.49. The van der Waals surface area contributed by atoms with E-state index in [1.54, 1.807) is 13.8 Å². The van der Waals surface area contributed by atoms with Crippen LogP contribution in [0.15, 0.2) is 4.90 Å². The number of benzene rings is 1. The lowest BCUT2D eigenvalue weighted by Crippen LogP contribution is -2.49. The van der Waals surface area contributed by atoms with Crippen molar-refractivity contribution in [3.05, 3.63) is 22.3 Å². The Morgan fingerprint density at radius 1 is 1.14 bits per heavy atom. The number of carbonyl (C=O) groups is 3. The van der Waals surface area contributed by atoms with E-state index in [2.05, 4.69) is 20.7 Å². The maximum Gasteiger partial charge on any atom is 0.322 e. The predicted octanol–water partition coefficient (Wildman–Crippen LogP) is -0.447. The van der Waals surface area contributed by atoms with Crippen molar-refractivity contribution in [3.63, 3.8) is 0 Å². The second-order valence-electron chi connectivity index (χ2n) is 9.54. The number of sulfonamides is 1. The van der Waals surface area contributed by atoms with Crippen molar-refractivity contribution in [1.82, 2.24) is 20.7 Å². The second kappa shape index (κ2) is 11.8. The second-order valence-corrected chi connectivity index (χ2v) is 11.2. The van der Waals surface area contributed by atoms with Crippen molar-refractivity contribution in [2.45, 2.75) is 70.4 Å². The SMILES string of the molecule is Cc1c(C)c(S(=O)(=O)NC(=N)NCCC[C@H](NC(=O)CN)C(=O)NCC(=O)O)c(C)c2c1OC(C)(C)C2. The molecule has 0 bridgehead atoms. The summed E-state index contributed by atoms with van der Waals surface area (Å²) in [5, 5.41) is 24.0. The number of hydrogen-bond donors (Lipinski definition) is 7. The van der Waals surface area contributed by atoms with Gasteiger partial charge in [0.05, 0.1) is 11.4 Å². The molecule has 0 radical (unpaired) electrons. The maximum atomic E-state index is 13.2. The smallest absolute Gasteiger partial charge is 0.322 e. The van der Waals surface area contributed by atoms with Gasteiger partial charge >= 0.3 is 5.97 Å². The number of amides is 2. The Balaban J connectivity index is 2.03. The lowest BCUT2D eigenvalue weighted by molar-refractivity contribution is -0.138. The third-order valence-electron chi connectivity index (χ3n) is 6.02. The summed E-state index contributed by atoms with van der Waals surface area (Å²) in [5.74, 6) is -2.26. The van der Waals surface area contributed by atoms with Gasteiger partial charge in [-0.2, -0.15) is 0 Å². The highest BCUT2D eigenvalue weighted by Crippen LogP contribution is 2.43. The zero-order chi connectivity index (χ0) is 28.1. The van der Waals surface area contributed by atoms with Crippen LogP contribution in [0.5, 0.6) is 5.75 Å². The summed E-state index contributed by atoms with van der Waals surface area (Å²) in [6, 6.07) is -1.03. The van der Waals surface area contributed by atoms with Gasteiger partial charge < -0.3 is 31.5 Å². The van der Waals surface area contributed by atoms with Crippen molar-refractivity contribution in [3.8, 4) is 5.75 Å². The summed E-state index contributed by atoms with van der Waals surface area (Å²) in [7, 11) is -4.09. The monoisotopic (exact) mass is 540 g/mol. The molecule has 0 aromatic heterocycles. The summed E-state index contributed by atoms with van der Waals surface area (Å²) in [4.78, 5) is 34.6. The molecule has 0 saturated heterocycles. The standard InChI is InChI=1S/C23H36N6O7S/c1-12-13(2)20(14(3)15-9-23(4,5)36-19(12)15)37(34,35)29-22(25)26-8-6-7-16(28-17(30)10-24)21(33)27-11-18(31)32/h16H,6-11,24H2,1-5H3,(H,27,33)(H,28,30)(H,31,32)(H3,25,26,29)/t16-/m0/s1. The number of aliphatic carboxylic acids is 1. The van der Waals surface area contributed by atoms with Gasteiger partial charge in [0, 0.05) is 18.5 Å². The fourth-order valence-corrected chi connectivity index (χ4v) is 5.72. The Morgan fingerprint density at radius 3 is 2.38 bits per heavy atom. The molecule has 0 aliphatic carbocycles. The summed E-state index contributed by atoms with van der Waals surface area (Å²) >= 11 is 0. The van der Waals surface area contributed by atoms with Gasteiger partial charge in [0.2, 0.25) is 17.8 Å². The molecule has 8 N–H and O–H groups in total. The van der Waals surface area contributed by atoms with Gasteiger partial charge in [-0.15, -0.1) is 0 Å². The number of nitrogens with two attached hydrogens (primary N) is 1. The first-order valence-corrected chi connectivity index (χ1v) is 13.2. The zero-order valence-corrected chi connectivity index (χ0v) is 22.5. The van der Waals surface area contributed by atoms with E-state index >= 15 is 0 Å². The highest BCUT2D eigenvalue weighted by atomic mass is 32.2. The minimum Gasteiger partial charge on any atom is -0.487 e. The summed E-state index contributed by atoms with van der Waals surface area (Å²) in [6.45, 7) is 8.27. The van der Waals surface area contributed by atoms with Crippen molar-refractivity contribution in [1.29, 1.82) is 5.41 Å². The first-order chi connectivity index (χ1) is 17.1. The fourth-order valence-electron chi connectivity index (χ4n) is 4.20. The van der Waals surface area contributed by atoms with Gasteiger partial charge in [-0.05, 0) is 64.2 Å². The molecule has 0 saturated carbocycles. The molecule has 1 aromatic rings. The van der Waals surface area contributed by atoms with Crippen LogP contribution in [0.25, 0.3) is 0 Å². The fraction of sp³-hybridized carbons (Fsp3) is 0.565. The normalized spacial score (nSPS) is 14.6. The molecule has 2 rings (SSSR count). The molecule has 1 heterocycles. The Bertz CT molecular complexity index is 1200. The molecule has 13 nitrogen and oxygen atoms in total. The lowest BCUT2D eigenvalue weighted by atomic mass is 9.94. The molecule has 206 valence electrons. The van der Waals surface area contributed by atoms with Gasteiger partial charge in [-0.3, -0.25) is 19.8 Å². The first kappa shape index (κ1) is 29.8. The molecule has 1 aliphatic rings. The van der Waals surface area contributed by atoms with E-state index in [1.807, 2.05) is 20.8 Å². The number of nitrogens with one attached hydrogen (secondary N) is 5. The number of carboxylic acid groups (broad SMARTS) is 1. The van der Waals surface area contributed by atoms with Gasteiger partial charge in [0.15, 0.2) is 0 Å². The van der Waals surface area contributed by atoms with Gasteiger partial charge in [0.25, 0.3) is 10.0 Å². The van der Waals surface area contributed by atoms with E-state index in [0.717, 1.165) is 11.1 Å². The van der Waals surface area contributed by atoms with Crippen molar-refractivity contribution < 1.29 is 32.6 Å². The molecule has 37 heavy (non-hydrogen) atoms. The van der Waals surface area contributed by atoms with Crippen LogP contribution in [0.1, 0.15) is 48.9 Å². The Labute approximate surface area is 216 Å². The zero-order valence-electron chi connectivity index (χ0n) is 21.7. The topological polar surface area (TPSA) is 213 Å². The molecule has 2 amide bonds. The molecular weight excluding hydrogens is 504 g/mol. The molecule has 0 fully saturated rings. The van der Waals surface area contributed by atoms with E-state index in [1.165, 1.54) is 0 Å². The predicted molar refractivity (Wildman–Crippen MR) is 136 cm³/mol. The lowest BCUT2D eigenvalue weighted by Gasteiger charge is -2.20. The number of guanidine groups is 1. The van der Waals surface area contributed by atoms with Gasteiger partial charge in [0.1, 0.15) is 23.9 Å². The maximum absolute atomic E-state index is 13.2. The van der Waals surface area contributed by atoms with E-state index < -0.39 is 52.0 Å². The van der Waals surface area contributed by atoms with Gasteiger partial charge in [-0.1, -0.05) is 0 Å². The van der Waals surface area contributed by atoms with E-state index in [4.69, 9.17) is 21.0 Å². The van der Waals surface area contributed by atoms with E-state index in [-0.39, 0.29) is 30.8 Å². The first-order valence-electron chi connectivity index (χ1n) is 11.8. The molecule has 0 unspecified atom stereocenters. The number of hydrogen-bond acceptors (Lipinski definition) is 8. The third-order valence-corrected chi connectivity index (χ3v) is 7.64. The minimum absolute atomic E-state index is 0.0994. The number of carboxylic acids is 1. The van der Waals surface area contributed by atoms with Crippen LogP contribution in [0.3, 0.4) is 0 Å². The molecule has 0 spiro atoms. The van der Waals surface area contributed by atoms with Crippen molar-refractivity contribution >= 4 is 33.8 Å². The Morgan fingerprint density at radius 2 is 1.78 bits per heavy atom. The Hall–Kier alpha value is -3.39. The highest BCUT2D eigenvalue weighted by Gasteiger charge is 2.36. The van der Waals surface area contributed by atoms with Gasteiger partial charge in [-0.25, -0.2) is 13.1 Å². The van der Waals surface area contributed by atoms with Crippen molar-refractivity contribution in [2.24, 2.45) is 5.73 Å². The average Bonchev–Trinajstić information content (AvgIpc) is 3.13. The minimum atomic E-state index is -4.09. The number of rotatable bonds is 11. The highest BCUT2D eigenvalue weighted by molar-refractivity contribution is 7.90. The number of ether oxygens (including phenoxy) is 1. The van der Waals surface area contributed by atoms with E-state index in [9.17, 15) is 22.8 Å². The quantitative estimate of drug-likeness (QED) is 0.110. The van der Waals surface area contributed by atoms with Crippen LogP contribution in [0.4, 0.5) is 0 Å². The van der Waals surface area contributed by atoms with Crippen LogP contribution in [0, 0.1) is 26.2 Å². The van der Waals surface area contributed by atoms with E-state index in [0.29, 0.717) is 23.3 Å². The molecule has 1 atom stereocenters. The molecule has 1 aliphatic heterocycles.